The van der Waals surface area contributed by atoms with E-state index in [0.717, 1.165) is 0 Å². The number of hydrogen-bond acceptors (Lipinski definition) is 4. The Balaban J connectivity index is 2.17. The molecule has 0 aromatic heterocycles. The van der Waals surface area contributed by atoms with Gasteiger partial charge in [0.05, 0.1) is 11.7 Å². The molecule has 2 aromatic carbocycles. The molecule has 2 aromatic rings. The summed E-state index contributed by atoms with van der Waals surface area (Å²) in [5.74, 6) is -0.869. The maximum atomic E-state index is 12.2. The molecule has 0 aliphatic rings. The number of esters is 1. The van der Waals surface area contributed by atoms with Crippen LogP contribution in [-0.2, 0) is 0 Å². The lowest BCUT2D eigenvalue weighted by Gasteiger charge is -2.13. The highest BCUT2D eigenvalue weighted by molar-refractivity contribution is 5.94. The molecule has 2 rings (SSSR count). The van der Waals surface area contributed by atoms with Gasteiger partial charge in [0.1, 0.15) is 17.1 Å². The van der Waals surface area contributed by atoms with Gasteiger partial charge in [-0.1, -0.05) is 12.1 Å². The van der Waals surface area contributed by atoms with Gasteiger partial charge in [-0.25, -0.2) is 9.59 Å². The zero-order valence-electron chi connectivity index (χ0n) is 12.3. The minimum absolute atomic E-state index is 0.0659. The molecule has 0 aliphatic carbocycles. The van der Waals surface area contributed by atoms with Crippen molar-refractivity contribution in [1.82, 2.24) is 0 Å². The van der Waals surface area contributed by atoms with Crippen molar-refractivity contribution in [2.24, 2.45) is 0 Å². The highest BCUT2D eigenvalue weighted by atomic mass is 16.5. The van der Waals surface area contributed by atoms with Crippen molar-refractivity contribution in [1.29, 1.82) is 0 Å². The molecule has 0 bridgehead atoms. The third kappa shape index (κ3) is 3.85. The number of hydrogen-bond donors (Lipinski definition) is 1. The summed E-state index contributed by atoms with van der Waals surface area (Å²) in [6, 6.07) is 12.4. The second-order valence-corrected chi connectivity index (χ2v) is 4.88. The number of carboxylic acids is 1. The average molecular weight is 300 g/mol. The third-order valence-corrected chi connectivity index (χ3v) is 2.78. The first kappa shape index (κ1) is 15.6. The highest BCUT2D eigenvalue weighted by Gasteiger charge is 2.15. The van der Waals surface area contributed by atoms with E-state index in [-0.39, 0.29) is 17.4 Å². The van der Waals surface area contributed by atoms with E-state index in [2.05, 4.69) is 0 Å². The molecule has 0 aliphatic heterocycles. The Kier molecular flexibility index (Phi) is 4.78. The summed E-state index contributed by atoms with van der Waals surface area (Å²) < 4.78 is 10.8. The number of carbonyl (C=O) groups excluding carboxylic acids is 1. The monoisotopic (exact) mass is 300 g/mol. The van der Waals surface area contributed by atoms with Gasteiger partial charge >= 0.3 is 11.9 Å². The predicted molar refractivity (Wildman–Crippen MR) is 80.6 cm³/mol. The molecule has 0 unspecified atom stereocenters. The van der Waals surface area contributed by atoms with E-state index in [4.69, 9.17) is 14.6 Å². The van der Waals surface area contributed by atoms with Crippen LogP contribution >= 0.6 is 0 Å². The number of carbonyl (C=O) groups is 2. The molecular formula is C17H16O5. The first-order valence-corrected chi connectivity index (χ1v) is 6.78. The number of rotatable bonds is 5. The molecule has 0 fully saturated rings. The lowest BCUT2D eigenvalue weighted by molar-refractivity contribution is 0.0696. The SMILES string of the molecule is CC(C)Oc1ccccc1C(=O)Oc1ccc(C(=O)O)cc1. The molecule has 1 N–H and O–H groups in total. The lowest BCUT2D eigenvalue weighted by Crippen LogP contribution is -2.13. The molecule has 0 atom stereocenters. The molecule has 0 radical (unpaired) electrons. The van der Waals surface area contributed by atoms with Gasteiger partial charge in [-0.05, 0) is 50.2 Å². The van der Waals surface area contributed by atoms with Gasteiger partial charge < -0.3 is 14.6 Å². The second-order valence-electron chi connectivity index (χ2n) is 4.88. The molecule has 0 heterocycles. The van der Waals surface area contributed by atoms with Crippen molar-refractivity contribution >= 4 is 11.9 Å². The second kappa shape index (κ2) is 6.76. The van der Waals surface area contributed by atoms with Crippen LogP contribution in [-0.4, -0.2) is 23.1 Å². The lowest BCUT2D eigenvalue weighted by atomic mass is 10.2. The van der Waals surface area contributed by atoms with Crippen LogP contribution in [0.1, 0.15) is 34.6 Å². The van der Waals surface area contributed by atoms with Crippen LogP contribution in [0.2, 0.25) is 0 Å². The van der Waals surface area contributed by atoms with E-state index in [1.54, 1.807) is 24.3 Å². The van der Waals surface area contributed by atoms with Crippen LogP contribution in [0.15, 0.2) is 48.5 Å². The van der Waals surface area contributed by atoms with Crippen LogP contribution in [0.25, 0.3) is 0 Å². The van der Waals surface area contributed by atoms with Crippen molar-refractivity contribution in [3.05, 3.63) is 59.7 Å². The number of aromatic carboxylic acids is 1. The normalized spacial score (nSPS) is 10.3. The van der Waals surface area contributed by atoms with E-state index in [1.807, 2.05) is 13.8 Å². The number of para-hydroxylation sites is 1. The van der Waals surface area contributed by atoms with Crippen LogP contribution < -0.4 is 9.47 Å². The Morgan fingerprint density at radius 1 is 1.00 bits per heavy atom. The third-order valence-electron chi connectivity index (χ3n) is 2.78. The average Bonchev–Trinajstić information content (AvgIpc) is 2.47. The smallest absolute Gasteiger partial charge is 0.347 e. The molecule has 114 valence electrons. The molecule has 0 saturated carbocycles. The largest absolute Gasteiger partial charge is 0.490 e. The summed E-state index contributed by atoms with van der Waals surface area (Å²) in [5.41, 5.74) is 0.446. The highest BCUT2D eigenvalue weighted by Crippen LogP contribution is 2.22. The Bertz CT molecular complexity index is 674. The van der Waals surface area contributed by atoms with E-state index in [9.17, 15) is 9.59 Å². The summed E-state index contributed by atoms with van der Waals surface area (Å²) in [6.45, 7) is 3.74. The van der Waals surface area contributed by atoms with Gasteiger partial charge in [0.15, 0.2) is 0 Å². The summed E-state index contributed by atoms with van der Waals surface area (Å²) >= 11 is 0. The van der Waals surface area contributed by atoms with E-state index < -0.39 is 11.9 Å². The number of benzene rings is 2. The Hall–Kier alpha value is -2.82. The first-order valence-electron chi connectivity index (χ1n) is 6.78. The number of ether oxygens (including phenoxy) is 2. The molecule has 5 heteroatoms. The summed E-state index contributed by atoms with van der Waals surface area (Å²) in [5, 5.41) is 8.83. The van der Waals surface area contributed by atoms with Gasteiger partial charge in [0, 0.05) is 0 Å². The Morgan fingerprint density at radius 2 is 1.64 bits per heavy atom. The van der Waals surface area contributed by atoms with E-state index in [0.29, 0.717) is 11.3 Å². The molecular weight excluding hydrogens is 284 g/mol. The van der Waals surface area contributed by atoms with Crippen molar-refractivity contribution < 1.29 is 24.2 Å². The van der Waals surface area contributed by atoms with Gasteiger partial charge in [-0.3, -0.25) is 0 Å². The fourth-order valence-corrected chi connectivity index (χ4v) is 1.82. The quantitative estimate of drug-likeness (QED) is 0.677. The molecule has 0 amide bonds. The van der Waals surface area contributed by atoms with Crippen molar-refractivity contribution in [3.63, 3.8) is 0 Å². The number of carboxylic acid groups (broad SMARTS) is 1. The Morgan fingerprint density at radius 3 is 2.23 bits per heavy atom. The van der Waals surface area contributed by atoms with Crippen LogP contribution in [0.3, 0.4) is 0 Å². The van der Waals surface area contributed by atoms with Gasteiger partial charge in [-0.15, -0.1) is 0 Å². The van der Waals surface area contributed by atoms with E-state index >= 15 is 0 Å². The van der Waals surface area contributed by atoms with Crippen LogP contribution in [0, 0.1) is 0 Å². The van der Waals surface area contributed by atoms with Crippen molar-refractivity contribution in [3.8, 4) is 11.5 Å². The molecule has 0 saturated heterocycles. The van der Waals surface area contributed by atoms with Gasteiger partial charge in [0.2, 0.25) is 0 Å². The topological polar surface area (TPSA) is 72.8 Å². The predicted octanol–water partition coefficient (Wildman–Crippen LogP) is 3.39. The maximum absolute atomic E-state index is 12.2. The fraction of sp³-hybridized carbons (Fsp3) is 0.176. The molecule has 22 heavy (non-hydrogen) atoms. The minimum Gasteiger partial charge on any atom is -0.490 e. The van der Waals surface area contributed by atoms with Crippen molar-refractivity contribution in [2.75, 3.05) is 0 Å². The summed E-state index contributed by atoms with van der Waals surface area (Å²) in [7, 11) is 0. The maximum Gasteiger partial charge on any atom is 0.347 e. The summed E-state index contributed by atoms with van der Waals surface area (Å²) in [6.07, 6.45) is -0.0659. The van der Waals surface area contributed by atoms with E-state index in [1.165, 1.54) is 24.3 Å². The zero-order chi connectivity index (χ0) is 16.1. The van der Waals surface area contributed by atoms with Gasteiger partial charge in [-0.2, -0.15) is 0 Å². The standard InChI is InChI=1S/C17H16O5/c1-11(2)21-15-6-4-3-5-14(15)17(20)22-13-9-7-12(8-10-13)16(18)19/h3-11H,1-2H3,(H,18,19). The molecule has 5 nitrogen and oxygen atoms in total. The molecule has 0 spiro atoms. The van der Waals surface area contributed by atoms with Crippen LogP contribution in [0.4, 0.5) is 0 Å². The summed E-state index contributed by atoms with van der Waals surface area (Å²) in [4.78, 5) is 23.0. The van der Waals surface area contributed by atoms with Gasteiger partial charge in [0.25, 0.3) is 0 Å². The zero-order valence-corrected chi connectivity index (χ0v) is 12.3. The minimum atomic E-state index is -1.03. The van der Waals surface area contributed by atoms with Crippen molar-refractivity contribution in [2.45, 2.75) is 20.0 Å². The first-order chi connectivity index (χ1) is 10.5. The Labute approximate surface area is 128 Å². The van der Waals surface area contributed by atoms with Crippen LogP contribution in [0.5, 0.6) is 11.5 Å². The fourth-order valence-electron chi connectivity index (χ4n) is 1.82.